The molecule has 1 aliphatic heterocycles. The SMILES string of the molecule is CC(C)c1c(-c2ccc(NN)c(N)c2)[nH]c2ccc(C3CCNCC3)cc12. The number of rotatable bonds is 4. The molecule has 7 N–H and O–H groups in total. The van der Waals surface area contributed by atoms with Gasteiger partial charge in [0, 0.05) is 16.5 Å². The molecule has 1 aliphatic rings. The Hall–Kier alpha value is -2.50. The van der Waals surface area contributed by atoms with Crippen molar-refractivity contribution in [3.63, 3.8) is 0 Å². The Morgan fingerprint density at radius 2 is 1.85 bits per heavy atom. The molecule has 0 atom stereocenters. The van der Waals surface area contributed by atoms with Crippen molar-refractivity contribution in [3.05, 3.63) is 47.5 Å². The monoisotopic (exact) mass is 363 g/mol. The van der Waals surface area contributed by atoms with Crippen LogP contribution >= 0.6 is 0 Å². The molecule has 3 aromatic rings. The number of anilines is 2. The van der Waals surface area contributed by atoms with Gasteiger partial charge in [-0.25, -0.2) is 0 Å². The number of nitrogen functional groups attached to an aromatic ring is 2. The summed E-state index contributed by atoms with van der Waals surface area (Å²) in [5.41, 5.74) is 16.4. The van der Waals surface area contributed by atoms with Crippen LogP contribution in [0.3, 0.4) is 0 Å². The number of hydrogen-bond donors (Lipinski definition) is 5. The molecule has 0 aliphatic carbocycles. The van der Waals surface area contributed by atoms with E-state index in [1.165, 1.54) is 34.9 Å². The molecule has 2 aromatic carbocycles. The van der Waals surface area contributed by atoms with E-state index in [0.717, 1.165) is 30.0 Å². The average Bonchev–Trinajstić information content (AvgIpc) is 3.07. The lowest BCUT2D eigenvalue weighted by molar-refractivity contribution is 0.460. The van der Waals surface area contributed by atoms with E-state index in [0.29, 0.717) is 17.5 Å². The third-order valence-corrected chi connectivity index (χ3v) is 5.75. The summed E-state index contributed by atoms with van der Waals surface area (Å²) in [5, 5.41) is 4.79. The van der Waals surface area contributed by atoms with Crippen LogP contribution in [0.2, 0.25) is 0 Å². The van der Waals surface area contributed by atoms with Crippen LogP contribution in [0.4, 0.5) is 11.4 Å². The zero-order chi connectivity index (χ0) is 19.0. The molecule has 0 bridgehead atoms. The van der Waals surface area contributed by atoms with Crippen LogP contribution in [-0.2, 0) is 0 Å². The van der Waals surface area contributed by atoms with Gasteiger partial charge in [0.15, 0.2) is 0 Å². The minimum atomic E-state index is 0.408. The van der Waals surface area contributed by atoms with E-state index in [1.54, 1.807) is 0 Å². The average molecular weight is 364 g/mol. The lowest BCUT2D eigenvalue weighted by Gasteiger charge is -2.23. The molecule has 2 heterocycles. The van der Waals surface area contributed by atoms with Crippen LogP contribution in [0.1, 0.15) is 49.7 Å². The number of hydrazine groups is 1. The summed E-state index contributed by atoms with van der Waals surface area (Å²) < 4.78 is 0. The van der Waals surface area contributed by atoms with Gasteiger partial charge in [-0.15, -0.1) is 0 Å². The van der Waals surface area contributed by atoms with Gasteiger partial charge in [0.1, 0.15) is 0 Å². The topological polar surface area (TPSA) is 91.9 Å². The maximum absolute atomic E-state index is 6.15. The highest BCUT2D eigenvalue weighted by atomic mass is 15.2. The van der Waals surface area contributed by atoms with Gasteiger partial charge in [0.25, 0.3) is 0 Å². The minimum Gasteiger partial charge on any atom is -0.397 e. The predicted molar refractivity (Wildman–Crippen MR) is 115 cm³/mol. The Morgan fingerprint density at radius 3 is 2.52 bits per heavy atom. The van der Waals surface area contributed by atoms with Gasteiger partial charge < -0.3 is 21.5 Å². The van der Waals surface area contributed by atoms with Gasteiger partial charge in [0.2, 0.25) is 0 Å². The van der Waals surface area contributed by atoms with Crippen LogP contribution in [-0.4, -0.2) is 18.1 Å². The Bertz CT molecular complexity index is 951. The number of benzene rings is 2. The van der Waals surface area contributed by atoms with Crippen molar-refractivity contribution in [1.29, 1.82) is 0 Å². The lowest BCUT2D eigenvalue weighted by Crippen LogP contribution is -2.26. The maximum Gasteiger partial charge on any atom is 0.0716 e. The van der Waals surface area contributed by atoms with Crippen molar-refractivity contribution >= 4 is 22.3 Å². The van der Waals surface area contributed by atoms with E-state index in [9.17, 15) is 0 Å². The highest BCUT2D eigenvalue weighted by Crippen LogP contribution is 2.38. The molecule has 5 heteroatoms. The Kier molecular flexibility index (Phi) is 4.81. The Labute approximate surface area is 160 Å². The molecular weight excluding hydrogens is 334 g/mol. The maximum atomic E-state index is 6.15. The van der Waals surface area contributed by atoms with Gasteiger partial charge in [-0.05, 0) is 73.2 Å². The van der Waals surface area contributed by atoms with Crippen molar-refractivity contribution in [1.82, 2.24) is 10.3 Å². The van der Waals surface area contributed by atoms with E-state index in [2.05, 4.69) is 53.8 Å². The van der Waals surface area contributed by atoms with Crippen LogP contribution in [0.5, 0.6) is 0 Å². The zero-order valence-corrected chi connectivity index (χ0v) is 16.1. The number of piperidine rings is 1. The standard InChI is InChI=1S/C22H29N5/c1-13(2)21-17-11-15(14-7-9-25-10-8-14)3-5-19(17)26-22(21)16-4-6-20(27-24)18(23)12-16/h3-6,11-14,25-27H,7-10,23-24H2,1-2H3. The molecule has 27 heavy (non-hydrogen) atoms. The van der Waals surface area contributed by atoms with Crippen LogP contribution in [0.25, 0.3) is 22.2 Å². The molecule has 0 unspecified atom stereocenters. The van der Waals surface area contributed by atoms with Gasteiger partial charge in [-0.3, -0.25) is 5.84 Å². The minimum absolute atomic E-state index is 0.408. The summed E-state index contributed by atoms with van der Waals surface area (Å²) in [5.74, 6) is 6.58. The van der Waals surface area contributed by atoms with Crippen LogP contribution in [0, 0.1) is 0 Å². The number of fused-ring (bicyclic) bond motifs is 1. The summed E-state index contributed by atoms with van der Waals surface area (Å²) in [6, 6.07) is 12.9. The molecule has 0 radical (unpaired) electrons. The van der Waals surface area contributed by atoms with E-state index in [-0.39, 0.29) is 0 Å². The number of H-pyrrole nitrogens is 1. The largest absolute Gasteiger partial charge is 0.397 e. The van der Waals surface area contributed by atoms with Crippen molar-refractivity contribution in [2.24, 2.45) is 5.84 Å². The first-order chi connectivity index (χ1) is 13.1. The molecule has 4 rings (SSSR count). The van der Waals surface area contributed by atoms with Crippen molar-refractivity contribution < 1.29 is 0 Å². The number of nitrogens with two attached hydrogens (primary N) is 2. The smallest absolute Gasteiger partial charge is 0.0716 e. The molecule has 1 fully saturated rings. The third kappa shape index (κ3) is 3.29. The molecule has 0 spiro atoms. The highest BCUT2D eigenvalue weighted by molar-refractivity contribution is 5.92. The summed E-state index contributed by atoms with van der Waals surface area (Å²) in [7, 11) is 0. The molecule has 1 saturated heterocycles. The molecular formula is C22H29N5. The fraction of sp³-hybridized carbons (Fsp3) is 0.364. The zero-order valence-electron chi connectivity index (χ0n) is 16.1. The summed E-state index contributed by atoms with van der Waals surface area (Å²) >= 11 is 0. The predicted octanol–water partition coefficient (Wildman–Crippen LogP) is 4.29. The summed E-state index contributed by atoms with van der Waals surface area (Å²) in [4.78, 5) is 3.64. The fourth-order valence-electron chi connectivity index (χ4n) is 4.32. The van der Waals surface area contributed by atoms with Crippen molar-refractivity contribution in [2.45, 2.75) is 38.5 Å². The molecule has 1 aromatic heterocycles. The fourth-order valence-corrected chi connectivity index (χ4v) is 4.32. The second-order valence-electron chi connectivity index (χ2n) is 7.84. The number of hydrogen-bond acceptors (Lipinski definition) is 4. The molecule has 0 saturated carbocycles. The summed E-state index contributed by atoms with van der Waals surface area (Å²) in [6.45, 7) is 6.73. The first-order valence-electron chi connectivity index (χ1n) is 9.81. The van der Waals surface area contributed by atoms with Gasteiger partial charge in [-0.1, -0.05) is 26.0 Å². The van der Waals surface area contributed by atoms with Crippen molar-refractivity contribution in [3.8, 4) is 11.3 Å². The quantitative estimate of drug-likeness (QED) is 0.272. The first kappa shape index (κ1) is 17.9. The lowest BCUT2D eigenvalue weighted by atomic mass is 9.88. The summed E-state index contributed by atoms with van der Waals surface area (Å²) in [6.07, 6.45) is 2.42. The van der Waals surface area contributed by atoms with Gasteiger partial charge >= 0.3 is 0 Å². The van der Waals surface area contributed by atoms with E-state index < -0.39 is 0 Å². The van der Waals surface area contributed by atoms with Crippen molar-refractivity contribution in [2.75, 3.05) is 24.2 Å². The molecule has 0 amide bonds. The van der Waals surface area contributed by atoms with E-state index in [1.807, 2.05) is 12.1 Å². The normalized spacial score (nSPS) is 15.6. The second-order valence-corrected chi connectivity index (χ2v) is 7.84. The number of aromatic amines is 1. The number of aromatic nitrogens is 1. The highest BCUT2D eigenvalue weighted by Gasteiger charge is 2.20. The molecule has 142 valence electrons. The third-order valence-electron chi connectivity index (χ3n) is 5.75. The van der Waals surface area contributed by atoms with Crippen LogP contribution < -0.4 is 22.3 Å². The van der Waals surface area contributed by atoms with Gasteiger partial charge in [-0.2, -0.15) is 0 Å². The van der Waals surface area contributed by atoms with Crippen LogP contribution in [0.15, 0.2) is 36.4 Å². The second kappa shape index (κ2) is 7.25. The molecule has 5 nitrogen and oxygen atoms in total. The van der Waals surface area contributed by atoms with E-state index >= 15 is 0 Å². The Morgan fingerprint density at radius 1 is 1.07 bits per heavy atom. The van der Waals surface area contributed by atoms with E-state index in [4.69, 9.17) is 11.6 Å². The Balaban J connectivity index is 1.83. The first-order valence-corrected chi connectivity index (χ1v) is 9.81. The number of nitrogens with one attached hydrogen (secondary N) is 3. The van der Waals surface area contributed by atoms with Gasteiger partial charge in [0.05, 0.1) is 17.1 Å².